The molecule has 110 valence electrons. The second-order valence-electron chi connectivity index (χ2n) is 5.34. The summed E-state index contributed by atoms with van der Waals surface area (Å²) in [7, 11) is 0. The third kappa shape index (κ3) is 3.22. The van der Waals surface area contributed by atoms with E-state index in [2.05, 4.69) is 11.4 Å². The number of amides is 1. The monoisotopic (exact) mass is 295 g/mol. The lowest BCUT2D eigenvalue weighted by molar-refractivity contribution is -0.150. The smallest absolute Gasteiger partial charge is 0.223 e. The lowest BCUT2D eigenvalue weighted by Gasteiger charge is -2.38. The zero-order valence-electron chi connectivity index (χ0n) is 11.6. The van der Waals surface area contributed by atoms with Gasteiger partial charge in [-0.05, 0) is 37.1 Å². The second kappa shape index (κ2) is 6.70. The Bertz CT molecular complexity index is 428. The first-order chi connectivity index (χ1) is 9.84. The maximum Gasteiger partial charge on any atom is 0.223 e. The Labute approximate surface area is 123 Å². The van der Waals surface area contributed by atoms with Gasteiger partial charge in [-0.1, -0.05) is 6.07 Å². The number of nitrogens with zero attached hydrogens (tertiary/aromatic N) is 1. The SMILES string of the molecule is O=C(CCc1cccs1)N1CCCCC1C1OCCO1. The molecule has 2 aliphatic heterocycles. The molecule has 1 amide bonds. The van der Waals surface area contributed by atoms with E-state index in [1.54, 1.807) is 11.3 Å². The molecule has 4 nitrogen and oxygen atoms in total. The minimum Gasteiger partial charge on any atom is -0.348 e. The lowest BCUT2D eigenvalue weighted by Crippen LogP contribution is -2.50. The van der Waals surface area contributed by atoms with Gasteiger partial charge in [0.15, 0.2) is 6.29 Å². The maximum atomic E-state index is 12.5. The van der Waals surface area contributed by atoms with Gasteiger partial charge in [0.1, 0.15) is 0 Å². The molecule has 0 spiro atoms. The molecule has 1 aromatic heterocycles. The summed E-state index contributed by atoms with van der Waals surface area (Å²) in [6.07, 6.45) is 4.46. The average Bonchev–Trinajstić information content (AvgIpc) is 3.18. The van der Waals surface area contributed by atoms with Gasteiger partial charge in [0, 0.05) is 17.8 Å². The topological polar surface area (TPSA) is 38.8 Å². The van der Waals surface area contributed by atoms with E-state index >= 15 is 0 Å². The minimum atomic E-state index is -0.207. The summed E-state index contributed by atoms with van der Waals surface area (Å²) in [4.78, 5) is 15.8. The summed E-state index contributed by atoms with van der Waals surface area (Å²) >= 11 is 1.72. The first kappa shape index (κ1) is 14.0. The van der Waals surface area contributed by atoms with E-state index in [0.29, 0.717) is 19.6 Å². The van der Waals surface area contributed by atoms with Gasteiger partial charge < -0.3 is 14.4 Å². The molecule has 0 saturated carbocycles. The largest absolute Gasteiger partial charge is 0.348 e. The van der Waals surface area contributed by atoms with E-state index in [4.69, 9.17) is 9.47 Å². The molecule has 5 heteroatoms. The van der Waals surface area contributed by atoms with Crippen molar-refractivity contribution in [3.8, 4) is 0 Å². The minimum absolute atomic E-state index is 0.113. The van der Waals surface area contributed by atoms with Crippen LogP contribution >= 0.6 is 11.3 Å². The van der Waals surface area contributed by atoms with Crippen LogP contribution in [0.1, 0.15) is 30.6 Å². The van der Waals surface area contributed by atoms with Gasteiger partial charge in [0.05, 0.1) is 19.3 Å². The number of hydrogen-bond donors (Lipinski definition) is 0. The summed E-state index contributed by atoms with van der Waals surface area (Å²) in [5.41, 5.74) is 0. The molecule has 0 radical (unpaired) electrons. The maximum absolute atomic E-state index is 12.5. The van der Waals surface area contributed by atoms with E-state index in [9.17, 15) is 4.79 Å². The van der Waals surface area contributed by atoms with Crippen LogP contribution in [0.4, 0.5) is 0 Å². The van der Waals surface area contributed by atoms with Gasteiger partial charge in [-0.15, -0.1) is 11.3 Å². The summed E-state index contributed by atoms with van der Waals surface area (Å²) in [6.45, 7) is 2.15. The molecule has 1 unspecified atom stereocenters. The van der Waals surface area contributed by atoms with Crippen molar-refractivity contribution in [2.45, 2.75) is 44.4 Å². The standard InChI is InChI=1S/C15H21NO3S/c17-14(7-6-12-4-3-11-20-12)16-8-2-1-5-13(16)15-18-9-10-19-15/h3-4,11,13,15H,1-2,5-10H2. The predicted molar refractivity (Wildman–Crippen MR) is 77.7 cm³/mol. The van der Waals surface area contributed by atoms with Crippen LogP contribution in [0.5, 0.6) is 0 Å². The lowest BCUT2D eigenvalue weighted by atomic mass is 10.0. The number of likely N-dealkylation sites (tertiary alicyclic amines) is 1. The molecule has 0 N–H and O–H groups in total. The molecular formula is C15H21NO3S. The first-order valence-corrected chi connectivity index (χ1v) is 8.27. The van der Waals surface area contributed by atoms with E-state index < -0.39 is 0 Å². The highest BCUT2D eigenvalue weighted by atomic mass is 32.1. The number of carbonyl (C=O) groups excluding carboxylic acids is 1. The van der Waals surface area contributed by atoms with Crippen molar-refractivity contribution >= 4 is 17.2 Å². The Morgan fingerprint density at radius 1 is 1.35 bits per heavy atom. The predicted octanol–water partition coefficient (Wildman–Crippen LogP) is 2.43. The van der Waals surface area contributed by atoms with Crippen LogP contribution in [0.3, 0.4) is 0 Å². The molecular weight excluding hydrogens is 274 g/mol. The van der Waals surface area contributed by atoms with Crippen molar-refractivity contribution < 1.29 is 14.3 Å². The van der Waals surface area contributed by atoms with E-state index in [0.717, 1.165) is 32.2 Å². The third-order valence-corrected chi connectivity index (χ3v) is 4.93. The van der Waals surface area contributed by atoms with Crippen molar-refractivity contribution in [3.63, 3.8) is 0 Å². The van der Waals surface area contributed by atoms with Crippen LogP contribution in [-0.2, 0) is 20.7 Å². The van der Waals surface area contributed by atoms with Crippen LogP contribution in [0.2, 0.25) is 0 Å². The quantitative estimate of drug-likeness (QED) is 0.856. The fourth-order valence-electron chi connectivity index (χ4n) is 2.98. The highest BCUT2D eigenvalue weighted by Gasteiger charge is 2.35. The summed E-state index contributed by atoms with van der Waals surface area (Å²) in [5, 5.41) is 2.06. The second-order valence-corrected chi connectivity index (χ2v) is 6.37. The number of aryl methyl sites for hydroxylation is 1. The molecule has 20 heavy (non-hydrogen) atoms. The number of thiophene rings is 1. The molecule has 0 aliphatic carbocycles. The highest BCUT2D eigenvalue weighted by Crippen LogP contribution is 2.25. The summed E-state index contributed by atoms with van der Waals surface area (Å²) < 4.78 is 11.2. The number of piperidine rings is 1. The van der Waals surface area contributed by atoms with Crippen LogP contribution in [-0.4, -0.2) is 42.9 Å². The number of rotatable bonds is 4. The molecule has 0 bridgehead atoms. The van der Waals surface area contributed by atoms with Crippen molar-refractivity contribution in [1.29, 1.82) is 0 Å². The number of hydrogen-bond acceptors (Lipinski definition) is 4. The molecule has 2 fully saturated rings. The van der Waals surface area contributed by atoms with Crippen LogP contribution < -0.4 is 0 Å². The van der Waals surface area contributed by atoms with Gasteiger partial charge in [-0.2, -0.15) is 0 Å². The summed E-state index contributed by atoms with van der Waals surface area (Å²) in [5.74, 6) is 0.238. The zero-order chi connectivity index (χ0) is 13.8. The molecule has 3 rings (SSSR count). The first-order valence-electron chi connectivity index (χ1n) is 7.39. The average molecular weight is 295 g/mol. The normalized spacial score (nSPS) is 24.2. The van der Waals surface area contributed by atoms with Crippen LogP contribution in [0.25, 0.3) is 0 Å². The number of ether oxygens (including phenoxy) is 2. The fraction of sp³-hybridized carbons (Fsp3) is 0.667. The van der Waals surface area contributed by atoms with Crippen LogP contribution in [0, 0.1) is 0 Å². The Balaban J connectivity index is 1.58. The molecule has 0 aromatic carbocycles. The molecule has 1 aromatic rings. The molecule has 2 aliphatic rings. The van der Waals surface area contributed by atoms with Crippen molar-refractivity contribution in [2.75, 3.05) is 19.8 Å². The molecule has 3 heterocycles. The van der Waals surface area contributed by atoms with Crippen LogP contribution in [0.15, 0.2) is 17.5 Å². The molecule has 1 atom stereocenters. The van der Waals surface area contributed by atoms with Gasteiger partial charge in [-0.25, -0.2) is 0 Å². The highest BCUT2D eigenvalue weighted by molar-refractivity contribution is 7.09. The van der Waals surface area contributed by atoms with Gasteiger partial charge in [0.25, 0.3) is 0 Å². The Hall–Kier alpha value is -0.910. The third-order valence-electron chi connectivity index (χ3n) is 4.00. The van der Waals surface area contributed by atoms with E-state index in [1.807, 2.05) is 11.0 Å². The fourth-order valence-corrected chi connectivity index (χ4v) is 3.69. The number of carbonyl (C=O) groups is 1. The van der Waals surface area contributed by atoms with Gasteiger partial charge >= 0.3 is 0 Å². The van der Waals surface area contributed by atoms with Crippen molar-refractivity contribution in [3.05, 3.63) is 22.4 Å². The van der Waals surface area contributed by atoms with Gasteiger partial charge in [-0.3, -0.25) is 4.79 Å². The summed E-state index contributed by atoms with van der Waals surface area (Å²) in [6, 6.07) is 4.24. The van der Waals surface area contributed by atoms with E-state index in [1.165, 1.54) is 4.88 Å². The van der Waals surface area contributed by atoms with E-state index in [-0.39, 0.29) is 18.2 Å². The van der Waals surface area contributed by atoms with Crippen molar-refractivity contribution in [1.82, 2.24) is 4.90 Å². The Morgan fingerprint density at radius 3 is 2.95 bits per heavy atom. The molecule has 2 saturated heterocycles. The van der Waals surface area contributed by atoms with Crippen molar-refractivity contribution in [2.24, 2.45) is 0 Å². The Morgan fingerprint density at radius 2 is 2.20 bits per heavy atom. The Kier molecular flexibility index (Phi) is 4.70. The van der Waals surface area contributed by atoms with Gasteiger partial charge in [0.2, 0.25) is 5.91 Å². The zero-order valence-corrected chi connectivity index (χ0v) is 12.4.